The van der Waals surface area contributed by atoms with E-state index in [2.05, 4.69) is 11.4 Å². The quantitative estimate of drug-likeness (QED) is 0.707. The van der Waals surface area contributed by atoms with Gasteiger partial charge in [0.15, 0.2) is 0 Å². The summed E-state index contributed by atoms with van der Waals surface area (Å²) in [5.74, 6) is 0.0614. The monoisotopic (exact) mass is 270 g/mol. The second-order valence-electron chi connectivity index (χ2n) is 4.13. The second-order valence-corrected chi connectivity index (χ2v) is 5.16. The Morgan fingerprint density at radius 3 is 3.00 bits per heavy atom. The zero-order valence-corrected chi connectivity index (χ0v) is 11.7. The maximum Gasteiger partial charge on any atom is 0.234 e. The van der Waals surface area contributed by atoms with Crippen LogP contribution in [-0.4, -0.2) is 48.7 Å². The van der Waals surface area contributed by atoms with E-state index in [-0.39, 0.29) is 12.5 Å². The maximum absolute atomic E-state index is 11.7. The fourth-order valence-corrected chi connectivity index (χ4v) is 2.39. The third-order valence-corrected chi connectivity index (χ3v) is 3.66. The molecule has 0 aromatic carbocycles. The highest BCUT2D eigenvalue weighted by molar-refractivity contribution is 7.09. The van der Waals surface area contributed by atoms with Crippen LogP contribution in [0.4, 0.5) is 0 Å². The lowest BCUT2D eigenvalue weighted by Gasteiger charge is -2.19. The molecule has 18 heavy (non-hydrogen) atoms. The molecule has 0 atom stereocenters. The second kappa shape index (κ2) is 9.08. The average Bonchev–Trinajstić information content (AvgIpc) is 2.87. The van der Waals surface area contributed by atoms with Crippen LogP contribution in [0.2, 0.25) is 0 Å². The average molecular weight is 270 g/mol. The van der Waals surface area contributed by atoms with Crippen LogP contribution in [0.5, 0.6) is 0 Å². The Balaban J connectivity index is 2.15. The van der Waals surface area contributed by atoms with Gasteiger partial charge in [0.1, 0.15) is 0 Å². The van der Waals surface area contributed by atoms with Crippen molar-refractivity contribution in [2.45, 2.75) is 19.8 Å². The van der Waals surface area contributed by atoms with Crippen molar-refractivity contribution in [1.29, 1.82) is 0 Å². The molecular weight excluding hydrogens is 248 g/mol. The number of aliphatic hydroxyl groups is 1. The summed E-state index contributed by atoms with van der Waals surface area (Å²) in [6.07, 6.45) is 1.61. The summed E-state index contributed by atoms with van der Waals surface area (Å²) in [5, 5.41) is 13.7. The third kappa shape index (κ3) is 6.14. The van der Waals surface area contributed by atoms with Gasteiger partial charge in [-0.15, -0.1) is 11.3 Å². The van der Waals surface area contributed by atoms with Crippen LogP contribution in [0, 0.1) is 0 Å². The molecule has 102 valence electrons. The molecule has 5 heteroatoms. The van der Waals surface area contributed by atoms with Crippen LogP contribution < -0.4 is 5.32 Å². The first kappa shape index (κ1) is 15.1. The molecule has 1 amide bonds. The van der Waals surface area contributed by atoms with Gasteiger partial charge in [0, 0.05) is 24.6 Å². The minimum atomic E-state index is 0.0614. The van der Waals surface area contributed by atoms with Crippen molar-refractivity contribution >= 4 is 17.2 Å². The van der Waals surface area contributed by atoms with Gasteiger partial charge >= 0.3 is 0 Å². The lowest BCUT2D eigenvalue weighted by molar-refractivity contribution is -0.122. The van der Waals surface area contributed by atoms with Crippen LogP contribution in [0.3, 0.4) is 0 Å². The summed E-state index contributed by atoms with van der Waals surface area (Å²) in [7, 11) is 0. The molecule has 1 aromatic heterocycles. The number of nitrogens with one attached hydrogen (secondary N) is 1. The van der Waals surface area contributed by atoms with E-state index in [1.165, 1.54) is 4.88 Å². The SMILES string of the molecule is CCN(CCCO)CC(=O)NCCc1cccs1. The van der Waals surface area contributed by atoms with Crippen molar-refractivity contribution in [3.05, 3.63) is 22.4 Å². The fourth-order valence-electron chi connectivity index (χ4n) is 1.68. The number of likely N-dealkylation sites (N-methyl/N-ethyl adjacent to an activating group) is 1. The number of aliphatic hydroxyl groups excluding tert-OH is 1. The van der Waals surface area contributed by atoms with Gasteiger partial charge < -0.3 is 10.4 Å². The van der Waals surface area contributed by atoms with E-state index >= 15 is 0 Å². The summed E-state index contributed by atoms with van der Waals surface area (Å²) in [6, 6.07) is 4.10. The summed E-state index contributed by atoms with van der Waals surface area (Å²) < 4.78 is 0. The van der Waals surface area contributed by atoms with Gasteiger partial charge in [0.2, 0.25) is 5.91 Å². The molecule has 2 N–H and O–H groups in total. The first-order valence-electron chi connectivity index (χ1n) is 6.38. The molecule has 0 saturated heterocycles. The number of carbonyl (C=O) groups is 1. The Bertz CT molecular complexity index is 328. The summed E-state index contributed by atoms with van der Waals surface area (Å²) in [4.78, 5) is 15.0. The van der Waals surface area contributed by atoms with E-state index in [1.807, 2.05) is 23.3 Å². The predicted octanol–water partition coefficient (Wildman–Crippen LogP) is 1.11. The molecule has 4 nitrogen and oxygen atoms in total. The normalized spacial score (nSPS) is 10.8. The zero-order chi connectivity index (χ0) is 13.2. The Morgan fingerprint density at radius 2 is 2.39 bits per heavy atom. The van der Waals surface area contributed by atoms with Crippen LogP contribution in [-0.2, 0) is 11.2 Å². The van der Waals surface area contributed by atoms with Crippen LogP contribution in [0.25, 0.3) is 0 Å². The maximum atomic E-state index is 11.7. The molecular formula is C13H22N2O2S. The zero-order valence-electron chi connectivity index (χ0n) is 10.9. The minimum Gasteiger partial charge on any atom is -0.396 e. The van der Waals surface area contributed by atoms with Crippen molar-refractivity contribution in [3.63, 3.8) is 0 Å². The third-order valence-electron chi connectivity index (χ3n) is 2.72. The van der Waals surface area contributed by atoms with Crippen molar-refractivity contribution in [2.24, 2.45) is 0 Å². The molecule has 0 aliphatic carbocycles. The molecule has 1 rings (SSSR count). The Kier molecular flexibility index (Phi) is 7.64. The molecule has 0 fully saturated rings. The van der Waals surface area contributed by atoms with Crippen LogP contribution >= 0.6 is 11.3 Å². The van der Waals surface area contributed by atoms with Gasteiger partial charge in [-0.3, -0.25) is 9.69 Å². The number of thiophene rings is 1. The number of rotatable bonds is 9. The first-order valence-corrected chi connectivity index (χ1v) is 7.26. The molecule has 0 aliphatic heterocycles. The number of amides is 1. The highest BCUT2D eigenvalue weighted by atomic mass is 32.1. The number of hydrogen-bond donors (Lipinski definition) is 2. The number of hydrogen-bond acceptors (Lipinski definition) is 4. The minimum absolute atomic E-state index is 0.0614. The van der Waals surface area contributed by atoms with E-state index in [9.17, 15) is 4.79 Å². The highest BCUT2D eigenvalue weighted by Crippen LogP contribution is 2.07. The molecule has 0 spiro atoms. The van der Waals surface area contributed by atoms with Crippen molar-refractivity contribution in [3.8, 4) is 0 Å². The Morgan fingerprint density at radius 1 is 1.56 bits per heavy atom. The molecule has 0 radical (unpaired) electrons. The Hall–Kier alpha value is -0.910. The van der Waals surface area contributed by atoms with E-state index in [0.29, 0.717) is 13.1 Å². The number of carbonyl (C=O) groups excluding carboxylic acids is 1. The van der Waals surface area contributed by atoms with Gasteiger partial charge in [0.25, 0.3) is 0 Å². The smallest absolute Gasteiger partial charge is 0.234 e. The molecule has 0 bridgehead atoms. The van der Waals surface area contributed by atoms with E-state index in [0.717, 1.165) is 25.9 Å². The summed E-state index contributed by atoms with van der Waals surface area (Å²) >= 11 is 1.71. The van der Waals surface area contributed by atoms with E-state index < -0.39 is 0 Å². The van der Waals surface area contributed by atoms with Crippen molar-refractivity contribution in [1.82, 2.24) is 10.2 Å². The first-order chi connectivity index (χ1) is 8.76. The number of nitrogens with zero attached hydrogens (tertiary/aromatic N) is 1. The lowest BCUT2D eigenvalue weighted by atomic mass is 10.3. The molecule has 1 heterocycles. The summed E-state index contributed by atoms with van der Waals surface area (Å²) in [5.41, 5.74) is 0. The Labute approximate surface area is 113 Å². The highest BCUT2D eigenvalue weighted by Gasteiger charge is 2.08. The van der Waals surface area contributed by atoms with Crippen LogP contribution in [0.15, 0.2) is 17.5 Å². The van der Waals surface area contributed by atoms with Gasteiger partial charge in [-0.2, -0.15) is 0 Å². The van der Waals surface area contributed by atoms with E-state index in [1.54, 1.807) is 11.3 Å². The van der Waals surface area contributed by atoms with Gasteiger partial charge in [0.05, 0.1) is 6.54 Å². The van der Waals surface area contributed by atoms with Crippen molar-refractivity contribution < 1.29 is 9.90 Å². The van der Waals surface area contributed by atoms with Gasteiger partial charge in [-0.1, -0.05) is 13.0 Å². The molecule has 0 aliphatic rings. The largest absolute Gasteiger partial charge is 0.396 e. The molecule has 0 unspecified atom stereocenters. The standard InChI is InChI=1S/C13H22N2O2S/c1-2-15(8-4-9-16)11-13(17)14-7-6-12-5-3-10-18-12/h3,5,10,16H,2,4,6-9,11H2,1H3,(H,14,17). The fraction of sp³-hybridized carbons (Fsp3) is 0.615. The molecule has 0 saturated carbocycles. The lowest BCUT2D eigenvalue weighted by Crippen LogP contribution is -2.38. The van der Waals surface area contributed by atoms with Gasteiger partial charge in [-0.05, 0) is 30.8 Å². The topological polar surface area (TPSA) is 52.6 Å². The van der Waals surface area contributed by atoms with Crippen LogP contribution in [0.1, 0.15) is 18.2 Å². The predicted molar refractivity (Wildman–Crippen MR) is 74.8 cm³/mol. The molecule has 1 aromatic rings. The van der Waals surface area contributed by atoms with Gasteiger partial charge in [-0.25, -0.2) is 0 Å². The summed E-state index contributed by atoms with van der Waals surface area (Å²) in [6.45, 7) is 4.91. The van der Waals surface area contributed by atoms with E-state index in [4.69, 9.17) is 5.11 Å². The van der Waals surface area contributed by atoms with Crippen molar-refractivity contribution in [2.75, 3.05) is 32.8 Å².